The zero-order chi connectivity index (χ0) is 25.7. The molecule has 2 heterocycles. The molecule has 0 aromatic heterocycles. The molecule has 36 heavy (non-hydrogen) atoms. The van der Waals surface area contributed by atoms with E-state index in [1.54, 1.807) is 6.08 Å². The predicted molar refractivity (Wildman–Crippen MR) is 144 cm³/mol. The van der Waals surface area contributed by atoms with E-state index < -0.39 is 0 Å². The van der Waals surface area contributed by atoms with Gasteiger partial charge in [-0.25, -0.2) is 0 Å². The molecule has 4 rings (SSSR count). The maximum absolute atomic E-state index is 13.7. The second kappa shape index (κ2) is 12.3. The summed E-state index contributed by atoms with van der Waals surface area (Å²) in [7, 11) is 0. The molecule has 6 nitrogen and oxygen atoms in total. The highest BCUT2D eigenvalue weighted by Gasteiger charge is 2.27. The Bertz CT molecular complexity index is 1020. The number of hydrogen-bond acceptors (Lipinski definition) is 6. The van der Waals surface area contributed by atoms with E-state index in [4.69, 9.17) is 9.47 Å². The van der Waals surface area contributed by atoms with Crippen LogP contribution < -0.4 is 4.90 Å². The molecule has 196 valence electrons. The maximum Gasteiger partial charge on any atom is 0.163 e. The van der Waals surface area contributed by atoms with E-state index in [9.17, 15) is 9.59 Å². The number of hydrogen-bond donors (Lipinski definition) is 0. The Kier molecular flexibility index (Phi) is 9.15. The van der Waals surface area contributed by atoms with Crippen LogP contribution in [0, 0.1) is 12.8 Å². The second-order valence-electron chi connectivity index (χ2n) is 10.5. The first-order valence-electron chi connectivity index (χ1n) is 13.6. The fourth-order valence-electron chi connectivity index (χ4n) is 5.91. The molecule has 0 amide bonds. The Hall–Kier alpha value is -2.28. The van der Waals surface area contributed by atoms with Gasteiger partial charge in [0.05, 0.1) is 13.2 Å². The fourth-order valence-corrected chi connectivity index (χ4v) is 5.91. The van der Waals surface area contributed by atoms with E-state index in [0.717, 1.165) is 87.7 Å². The quantitative estimate of drug-likeness (QED) is 0.456. The van der Waals surface area contributed by atoms with Crippen LogP contribution in [0.5, 0.6) is 0 Å². The number of nitrogens with zero attached hydrogens (tertiary/aromatic N) is 2. The number of rotatable bonds is 9. The van der Waals surface area contributed by atoms with E-state index in [1.807, 2.05) is 13.8 Å². The van der Waals surface area contributed by atoms with Crippen LogP contribution in [-0.2, 0) is 20.8 Å². The lowest BCUT2D eigenvalue weighted by atomic mass is 9.84. The SMILES string of the molecule is CCN(c1cc(CN2CCOCC2)cc(C(=O)CCC2C(=O)C=C(C)C=C2C)c1C)C1CCOCC1. The van der Waals surface area contributed by atoms with Crippen molar-refractivity contribution < 1.29 is 19.1 Å². The van der Waals surface area contributed by atoms with Gasteiger partial charge in [-0.2, -0.15) is 0 Å². The molecule has 1 unspecified atom stereocenters. The predicted octanol–water partition coefficient (Wildman–Crippen LogP) is 4.89. The van der Waals surface area contributed by atoms with E-state index in [-0.39, 0.29) is 17.5 Å². The standard InChI is InChI=1S/C30H42N2O4/c1-5-32(25-8-12-35-13-9-25)28-19-24(20-31-10-14-36-15-11-31)18-27(23(28)4)29(33)7-6-26-22(3)16-21(2)17-30(26)34/h16-19,25-26H,5-15,20H2,1-4H3. The van der Waals surface area contributed by atoms with Crippen molar-refractivity contribution in [3.63, 3.8) is 0 Å². The summed E-state index contributed by atoms with van der Waals surface area (Å²) in [5, 5.41) is 0. The summed E-state index contributed by atoms with van der Waals surface area (Å²) >= 11 is 0. The average Bonchev–Trinajstić information content (AvgIpc) is 2.86. The van der Waals surface area contributed by atoms with Crippen LogP contribution in [0.15, 0.2) is 35.4 Å². The van der Waals surface area contributed by atoms with Crippen molar-refractivity contribution >= 4 is 17.3 Å². The molecule has 0 saturated carbocycles. The zero-order valence-corrected chi connectivity index (χ0v) is 22.5. The Morgan fingerprint density at radius 3 is 2.39 bits per heavy atom. The number of anilines is 1. The van der Waals surface area contributed by atoms with Crippen LogP contribution in [0.25, 0.3) is 0 Å². The summed E-state index contributed by atoms with van der Waals surface area (Å²) in [4.78, 5) is 31.1. The van der Waals surface area contributed by atoms with Crippen molar-refractivity contribution in [1.29, 1.82) is 0 Å². The number of Topliss-reactive ketones (excluding diaryl/α,β-unsaturated/α-hetero) is 1. The first kappa shape index (κ1) is 26.8. The van der Waals surface area contributed by atoms with Gasteiger partial charge >= 0.3 is 0 Å². The second-order valence-corrected chi connectivity index (χ2v) is 10.5. The van der Waals surface area contributed by atoms with Crippen molar-refractivity contribution in [3.8, 4) is 0 Å². The third kappa shape index (κ3) is 6.34. The highest BCUT2D eigenvalue weighted by molar-refractivity contribution is 6.00. The number of carbonyl (C=O) groups is 2. The normalized spacial score (nSPS) is 21.8. The van der Waals surface area contributed by atoms with Crippen molar-refractivity contribution in [3.05, 3.63) is 52.1 Å². The Balaban J connectivity index is 1.60. The van der Waals surface area contributed by atoms with Gasteiger partial charge in [-0.1, -0.05) is 11.6 Å². The minimum Gasteiger partial charge on any atom is -0.381 e. The fraction of sp³-hybridized carbons (Fsp3) is 0.600. The van der Waals surface area contributed by atoms with Gasteiger partial charge in [-0.05, 0) is 81.9 Å². The molecule has 0 radical (unpaired) electrons. The van der Waals surface area contributed by atoms with Gasteiger partial charge in [0.15, 0.2) is 11.6 Å². The molecule has 3 aliphatic rings. The number of allylic oxidation sites excluding steroid dienone is 4. The van der Waals surface area contributed by atoms with Gasteiger partial charge in [-0.3, -0.25) is 14.5 Å². The van der Waals surface area contributed by atoms with Gasteiger partial charge < -0.3 is 14.4 Å². The summed E-state index contributed by atoms with van der Waals surface area (Å²) in [6, 6.07) is 4.82. The number of benzene rings is 1. The monoisotopic (exact) mass is 494 g/mol. The Morgan fingerprint density at radius 2 is 1.72 bits per heavy atom. The number of ketones is 2. The highest BCUT2D eigenvalue weighted by Crippen LogP contribution is 2.32. The van der Waals surface area contributed by atoms with Crippen LogP contribution in [0.2, 0.25) is 0 Å². The molecule has 2 aliphatic heterocycles. The lowest BCUT2D eigenvalue weighted by Gasteiger charge is -2.37. The molecule has 1 aromatic carbocycles. The van der Waals surface area contributed by atoms with Crippen LogP contribution in [-0.4, -0.2) is 68.6 Å². The van der Waals surface area contributed by atoms with Gasteiger partial charge in [0, 0.05) is 69.0 Å². The number of morpholine rings is 1. The molecule has 1 atom stereocenters. The minimum absolute atomic E-state index is 0.121. The zero-order valence-electron chi connectivity index (χ0n) is 22.5. The van der Waals surface area contributed by atoms with E-state index in [0.29, 0.717) is 18.9 Å². The Morgan fingerprint density at radius 1 is 1.03 bits per heavy atom. The first-order valence-corrected chi connectivity index (χ1v) is 13.6. The molecule has 1 aliphatic carbocycles. The molecular formula is C30H42N2O4. The molecule has 2 saturated heterocycles. The third-order valence-electron chi connectivity index (χ3n) is 7.91. The molecular weight excluding hydrogens is 452 g/mol. The highest BCUT2D eigenvalue weighted by atomic mass is 16.5. The molecule has 6 heteroatoms. The van der Waals surface area contributed by atoms with Crippen molar-refractivity contribution in [2.45, 2.75) is 66.0 Å². The lowest BCUT2D eigenvalue weighted by Crippen LogP contribution is -2.40. The van der Waals surface area contributed by atoms with Crippen LogP contribution in [0.1, 0.15) is 67.9 Å². The number of ether oxygens (including phenoxy) is 2. The van der Waals surface area contributed by atoms with E-state index in [1.165, 1.54) is 11.3 Å². The van der Waals surface area contributed by atoms with Crippen LogP contribution in [0.4, 0.5) is 5.69 Å². The third-order valence-corrected chi connectivity index (χ3v) is 7.91. The van der Waals surface area contributed by atoms with Crippen molar-refractivity contribution in [2.75, 3.05) is 51.0 Å². The maximum atomic E-state index is 13.7. The minimum atomic E-state index is -0.191. The summed E-state index contributed by atoms with van der Waals surface area (Å²) in [5.74, 6) is 0.0614. The first-order chi connectivity index (χ1) is 17.4. The smallest absolute Gasteiger partial charge is 0.163 e. The molecule has 0 spiro atoms. The molecule has 1 aromatic rings. The average molecular weight is 495 g/mol. The summed E-state index contributed by atoms with van der Waals surface area (Å²) in [5.41, 5.74) is 6.25. The van der Waals surface area contributed by atoms with Crippen molar-refractivity contribution in [1.82, 2.24) is 4.90 Å². The van der Waals surface area contributed by atoms with Gasteiger partial charge in [0.1, 0.15) is 0 Å². The molecule has 0 bridgehead atoms. The van der Waals surface area contributed by atoms with Gasteiger partial charge in [-0.15, -0.1) is 0 Å². The van der Waals surface area contributed by atoms with Gasteiger partial charge in [0.25, 0.3) is 0 Å². The topological polar surface area (TPSA) is 59.1 Å². The molecule has 2 fully saturated rings. The van der Waals surface area contributed by atoms with Crippen LogP contribution in [0.3, 0.4) is 0 Å². The Labute approximate surface area is 216 Å². The van der Waals surface area contributed by atoms with Gasteiger partial charge in [0.2, 0.25) is 0 Å². The van der Waals surface area contributed by atoms with Crippen molar-refractivity contribution in [2.24, 2.45) is 5.92 Å². The summed E-state index contributed by atoms with van der Waals surface area (Å²) in [6.07, 6.45) is 6.72. The lowest BCUT2D eigenvalue weighted by molar-refractivity contribution is -0.117. The van der Waals surface area contributed by atoms with E-state index >= 15 is 0 Å². The number of carbonyl (C=O) groups excluding carboxylic acids is 2. The largest absolute Gasteiger partial charge is 0.381 e. The van der Waals surface area contributed by atoms with Crippen LogP contribution >= 0.6 is 0 Å². The summed E-state index contributed by atoms with van der Waals surface area (Å²) < 4.78 is 11.2. The summed E-state index contributed by atoms with van der Waals surface area (Å²) in [6.45, 7) is 14.9. The van der Waals surface area contributed by atoms with E-state index in [2.05, 4.69) is 41.9 Å². The molecule has 0 N–H and O–H groups in total.